The first-order valence-corrected chi connectivity index (χ1v) is 11.7. The van der Waals surface area contributed by atoms with Gasteiger partial charge in [-0.1, -0.05) is 33.6 Å². The number of hydrogen-bond acceptors (Lipinski definition) is 3. The van der Waals surface area contributed by atoms with E-state index < -0.39 is 10.0 Å². The highest BCUT2D eigenvalue weighted by molar-refractivity contribution is 9.10. The predicted molar refractivity (Wildman–Crippen MR) is 116 cm³/mol. The number of sulfonamides is 1. The number of aromatic amines is 1. The average Bonchev–Trinajstić information content (AvgIpc) is 3.12. The molecule has 0 unspecified atom stereocenters. The van der Waals surface area contributed by atoms with Gasteiger partial charge in [-0.05, 0) is 56.2 Å². The molecule has 29 heavy (non-hydrogen) atoms. The summed E-state index contributed by atoms with van der Waals surface area (Å²) in [6, 6.07) is 14.5. The number of nitrogens with zero attached hydrogens (tertiary/aromatic N) is 1. The Kier molecular flexibility index (Phi) is 5.50. The molecular weight excluding hydrogens is 454 g/mol. The summed E-state index contributed by atoms with van der Waals surface area (Å²) in [5.74, 6) is -0.169. The number of aromatic nitrogens is 1. The third-order valence-corrected chi connectivity index (χ3v) is 7.68. The van der Waals surface area contributed by atoms with E-state index >= 15 is 0 Å². The molecule has 0 saturated carbocycles. The van der Waals surface area contributed by atoms with Crippen LogP contribution in [0.3, 0.4) is 0 Å². The summed E-state index contributed by atoms with van der Waals surface area (Å²) in [7, 11) is -3.49. The van der Waals surface area contributed by atoms with Crippen molar-refractivity contribution in [2.45, 2.75) is 30.7 Å². The molecule has 152 valence electrons. The van der Waals surface area contributed by atoms with Gasteiger partial charge in [0.2, 0.25) is 10.0 Å². The van der Waals surface area contributed by atoms with Crippen LogP contribution in [0.15, 0.2) is 57.9 Å². The summed E-state index contributed by atoms with van der Waals surface area (Å²) in [5.41, 5.74) is 2.43. The van der Waals surface area contributed by atoms with Crippen LogP contribution in [-0.4, -0.2) is 42.7 Å². The largest absolute Gasteiger partial charge is 0.351 e. The lowest BCUT2D eigenvalue weighted by Gasteiger charge is -2.31. The van der Waals surface area contributed by atoms with Crippen molar-refractivity contribution in [1.82, 2.24) is 14.6 Å². The van der Waals surface area contributed by atoms with Crippen LogP contribution in [0.1, 0.15) is 28.9 Å². The van der Waals surface area contributed by atoms with Crippen LogP contribution in [0, 0.1) is 6.92 Å². The van der Waals surface area contributed by atoms with Crippen LogP contribution < -0.4 is 5.32 Å². The van der Waals surface area contributed by atoms with Gasteiger partial charge >= 0.3 is 0 Å². The Hall–Kier alpha value is -2.16. The Labute approximate surface area is 178 Å². The zero-order valence-corrected chi connectivity index (χ0v) is 18.4. The molecular formula is C21H22BrN3O3S. The molecule has 1 aliphatic heterocycles. The van der Waals surface area contributed by atoms with Gasteiger partial charge in [0, 0.05) is 34.5 Å². The van der Waals surface area contributed by atoms with Crippen LogP contribution >= 0.6 is 15.9 Å². The molecule has 8 heteroatoms. The molecule has 0 atom stereocenters. The monoisotopic (exact) mass is 475 g/mol. The molecule has 6 nitrogen and oxygen atoms in total. The molecule has 3 aromatic rings. The van der Waals surface area contributed by atoms with Crippen molar-refractivity contribution in [3.05, 3.63) is 64.3 Å². The van der Waals surface area contributed by atoms with Crippen LogP contribution in [0.5, 0.6) is 0 Å². The zero-order valence-electron chi connectivity index (χ0n) is 16.0. The molecule has 2 N–H and O–H groups in total. The highest BCUT2D eigenvalue weighted by Crippen LogP contribution is 2.23. The van der Waals surface area contributed by atoms with E-state index in [-0.39, 0.29) is 11.9 Å². The Morgan fingerprint density at radius 2 is 1.79 bits per heavy atom. The van der Waals surface area contributed by atoms with E-state index in [4.69, 9.17) is 0 Å². The van der Waals surface area contributed by atoms with E-state index in [9.17, 15) is 13.2 Å². The molecule has 1 aromatic heterocycles. The number of amides is 1. The van der Waals surface area contributed by atoms with Crippen molar-refractivity contribution >= 4 is 42.8 Å². The van der Waals surface area contributed by atoms with Crippen molar-refractivity contribution in [3.8, 4) is 0 Å². The Morgan fingerprint density at radius 1 is 1.10 bits per heavy atom. The van der Waals surface area contributed by atoms with Gasteiger partial charge in [-0.3, -0.25) is 4.79 Å². The molecule has 1 amide bonds. The van der Waals surface area contributed by atoms with Gasteiger partial charge in [-0.2, -0.15) is 4.31 Å². The first-order chi connectivity index (χ1) is 13.8. The smallest absolute Gasteiger partial charge is 0.267 e. The maximum atomic E-state index is 12.8. The van der Waals surface area contributed by atoms with Gasteiger partial charge < -0.3 is 10.3 Å². The van der Waals surface area contributed by atoms with E-state index in [1.54, 1.807) is 24.3 Å². The summed E-state index contributed by atoms with van der Waals surface area (Å²) in [6.07, 6.45) is 1.17. The Bertz CT molecular complexity index is 1150. The molecule has 1 fully saturated rings. The van der Waals surface area contributed by atoms with Crippen molar-refractivity contribution in [2.75, 3.05) is 13.1 Å². The summed E-state index contributed by atoms with van der Waals surface area (Å²) in [6.45, 7) is 2.71. The van der Waals surface area contributed by atoms with E-state index in [0.717, 1.165) is 20.9 Å². The fourth-order valence-corrected chi connectivity index (χ4v) is 5.44. The maximum absolute atomic E-state index is 12.8. The average molecular weight is 476 g/mol. The quantitative estimate of drug-likeness (QED) is 0.601. The second-order valence-corrected chi connectivity index (χ2v) is 10.2. The molecule has 0 aliphatic carbocycles. The number of rotatable bonds is 4. The van der Waals surface area contributed by atoms with E-state index in [2.05, 4.69) is 26.2 Å². The summed E-state index contributed by atoms with van der Waals surface area (Å²) < 4.78 is 28.1. The molecule has 2 aromatic carbocycles. The van der Waals surface area contributed by atoms with Gasteiger partial charge in [0.15, 0.2) is 0 Å². The van der Waals surface area contributed by atoms with Crippen LogP contribution in [0.2, 0.25) is 0 Å². The van der Waals surface area contributed by atoms with Gasteiger partial charge in [-0.15, -0.1) is 0 Å². The Balaban J connectivity index is 1.39. The molecule has 0 spiro atoms. The lowest BCUT2D eigenvalue weighted by molar-refractivity contribution is 0.0919. The topological polar surface area (TPSA) is 82.3 Å². The SMILES string of the molecule is Cc1ccc(S(=O)(=O)N2CCC(NC(=O)c3cc4cc(Br)ccc4[nH]3)CC2)cc1. The molecule has 2 heterocycles. The van der Waals surface area contributed by atoms with Gasteiger partial charge in [0.05, 0.1) is 4.90 Å². The van der Waals surface area contributed by atoms with Crippen LogP contribution in [0.4, 0.5) is 0 Å². The Morgan fingerprint density at radius 3 is 2.48 bits per heavy atom. The number of halogens is 1. The second-order valence-electron chi connectivity index (χ2n) is 7.38. The minimum Gasteiger partial charge on any atom is -0.351 e. The number of carbonyl (C=O) groups is 1. The van der Waals surface area contributed by atoms with Crippen molar-refractivity contribution < 1.29 is 13.2 Å². The number of hydrogen-bond donors (Lipinski definition) is 2. The molecule has 4 rings (SSSR count). The van der Waals surface area contributed by atoms with E-state index in [1.807, 2.05) is 31.2 Å². The second kappa shape index (κ2) is 7.93. The van der Waals surface area contributed by atoms with Crippen molar-refractivity contribution in [2.24, 2.45) is 0 Å². The molecule has 1 saturated heterocycles. The number of benzene rings is 2. The highest BCUT2D eigenvalue weighted by atomic mass is 79.9. The van der Waals surface area contributed by atoms with Crippen LogP contribution in [-0.2, 0) is 10.0 Å². The third kappa shape index (κ3) is 4.24. The predicted octanol–water partition coefficient (Wildman–Crippen LogP) is 3.82. The minimum absolute atomic E-state index is 0.0508. The summed E-state index contributed by atoms with van der Waals surface area (Å²) >= 11 is 3.43. The fourth-order valence-electron chi connectivity index (χ4n) is 3.59. The number of carbonyl (C=O) groups excluding carboxylic acids is 1. The van der Waals surface area contributed by atoms with Gasteiger partial charge in [-0.25, -0.2) is 8.42 Å². The standard InChI is InChI=1S/C21H22BrN3O3S/c1-14-2-5-18(6-3-14)29(27,28)25-10-8-17(9-11-25)23-21(26)20-13-15-12-16(22)4-7-19(15)24-20/h2-7,12-13,17,24H,8-11H2,1H3,(H,23,26). The van der Waals surface area contributed by atoms with Gasteiger partial charge in [0.25, 0.3) is 5.91 Å². The van der Waals surface area contributed by atoms with E-state index in [0.29, 0.717) is 36.5 Å². The normalized spacial score (nSPS) is 16.2. The third-order valence-electron chi connectivity index (χ3n) is 5.28. The first kappa shape index (κ1) is 20.1. The number of H-pyrrole nitrogens is 1. The van der Waals surface area contributed by atoms with Crippen molar-refractivity contribution in [3.63, 3.8) is 0 Å². The molecule has 1 aliphatic rings. The zero-order chi connectivity index (χ0) is 20.6. The number of piperidine rings is 1. The lowest BCUT2D eigenvalue weighted by atomic mass is 10.1. The summed E-state index contributed by atoms with van der Waals surface area (Å²) in [4.78, 5) is 16.1. The van der Waals surface area contributed by atoms with E-state index in [1.165, 1.54) is 4.31 Å². The lowest BCUT2D eigenvalue weighted by Crippen LogP contribution is -2.46. The number of nitrogens with one attached hydrogen (secondary N) is 2. The summed E-state index contributed by atoms with van der Waals surface area (Å²) in [5, 5.41) is 3.99. The van der Waals surface area contributed by atoms with Gasteiger partial charge in [0.1, 0.15) is 5.69 Å². The minimum atomic E-state index is -3.49. The number of aryl methyl sites for hydroxylation is 1. The first-order valence-electron chi connectivity index (χ1n) is 9.49. The maximum Gasteiger partial charge on any atom is 0.267 e. The number of fused-ring (bicyclic) bond motifs is 1. The highest BCUT2D eigenvalue weighted by Gasteiger charge is 2.30. The fraction of sp³-hybridized carbons (Fsp3) is 0.286. The molecule has 0 bridgehead atoms. The van der Waals surface area contributed by atoms with Crippen molar-refractivity contribution in [1.29, 1.82) is 0 Å². The van der Waals surface area contributed by atoms with Crippen LogP contribution in [0.25, 0.3) is 10.9 Å². The molecule has 0 radical (unpaired) electrons.